The van der Waals surface area contributed by atoms with E-state index in [2.05, 4.69) is 5.32 Å². The van der Waals surface area contributed by atoms with Crippen molar-refractivity contribution >= 4 is 40.4 Å². The second-order valence-electron chi connectivity index (χ2n) is 4.45. The first-order chi connectivity index (χ1) is 9.95. The highest BCUT2D eigenvalue weighted by Gasteiger charge is 2.10. The Bertz CT molecular complexity index is 704. The molecule has 4 N–H and O–H groups in total. The minimum atomic E-state index is -0.250. The third-order valence-electron chi connectivity index (χ3n) is 2.80. The van der Waals surface area contributed by atoms with Crippen LogP contribution in [0.15, 0.2) is 42.5 Å². The lowest BCUT2D eigenvalue weighted by atomic mass is 10.1. The second-order valence-corrected chi connectivity index (χ2v) is 5.33. The number of thiocarbonyl (C=S) groups is 1. The summed E-state index contributed by atoms with van der Waals surface area (Å²) >= 11 is 10.9. The number of aromatic hydroxyl groups is 1. The van der Waals surface area contributed by atoms with Gasteiger partial charge in [-0.1, -0.05) is 36.0 Å². The highest BCUT2D eigenvalue weighted by Crippen LogP contribution is 2.21. The fraction of sp³-hybridized carbons (Fsp3) is 0.0667. The van der Waals surface area contributed by atoms with Gasteiger partial charge in [-0.3, -0.25) is 4.79 Å². The van der Waals surface area contributed by atoms with Crippen molar-refractivity contribution in [3.05, 3.63) is 58.6 Å². The van der Waals surface area contributed by atoms with E-state index >= 15 is 0 Å². The standard InChI is InChI=1S/C15H13ClN2O2S/c16-10-4-5-12(15(17)21)13(8-10)18-14(20)7-9-2-1-3-11(19)6-9/h1-6,8,19H,7H2,(H2,17,21)(H,18,20). The lowest BCUT2D eigenvalue weighted by molar-refractivity contribution is -0.115. The number of carbonyl (C=O) groups excluding carboxylic acids is 1. The molecule has 0 saturated carbocycles. The Labute approximate surface area is 132 Å². The highest BCUT2D eigenvalue weighted by atomic mass is 35.5. The molecule has 108 valence electrons. The summed E-state index contributed by atoms with van der Waals surface area (Å²) in [6.45, 7) is 0. The third-order valence-corrected chi connectivity index (χ3v) is 3.25. The Balaban J connectivity index is 2.16. The molecule has 0 spiro atoms. The van der Waals surface area contributed by atoms with Crippen LogP contribution in [0.1, 0.15) is 11.1 Å². The number of benzene rings is 2. The molecule has 2 rings (SSSR count). The Morgan fingerprint density at radius 3 is 2.71 bits per heavy atom. The van der Waals surface area contributed by atoms with E-state index in [1.807, 2.05) is 0 Å². The second kappa shape index (κ2) is 6.56. The molecule has 21 heavy (non-hydrogen) atoms. The van der Waals surface area contributed by atoms with Gasteiger partial charge in [-0.05, 0) is 35.9 Å². The molecule has 0 unspecified atom stereocenters. The first kappa shape index (κ1) is 15.3. The number of nitrogens with two attached hydrogens (primary N) is 1. The van der Waals surface area contributed by atoms with Crippen molar-refractivity contribution in [3.63, 3.8) is 0 Å². The molecule has 6 heteroatoms. The normalized spacial score (nSPS) is 10.1. The van der Waals surface area contributed by atoms with Crippen molar-refractivity contribution in [2.45, 2.75) is 6.42 Å². The smallest absolute Gasteiger partial charge is 0.228 e. The van der Waals surface area contributed by atoms with Crippen LogP contribution in [-0.2, 0) is 11.2 Å². The van der Waals surface area contributed by atoms with E-state index in [-0.39, 0.29) is 23.1 Å². The summed E-state index contributed by atoms with van der Waals surface area (Å²) in [5.74, 6) is -0.132. The van der Waals surface area contributed by atoms with Gasteiger partial charge in [0.1, 0.15) is 10.7 Å². The van der Waals surface area contributed by atoms with E-state index < -0.39 is 0 Å². The van der Waals surface area contributed by atoms with E-state index in [9.17, 15) is 9.90 Å². The number of hydrogen-bond donors (Lipinski definition) is 3. The molecule has 0 saturated heterocycles. The highest BCUT2D eigenvalue weighted by molar-refractivity contribution is 7.80. The van der Waals surface area contributed by atoms with Gasteiger partial charge in [-0.2, -0.15) is 0 Å². The Morgan fingerprint density at radius 2 is 2.05 bits per heavy atom. The van der Waals surface area contributed by atoms with Gasteiger partial charge in [0.05, 0.1) is 12.1 Å². The van der Waals surface area contributed by atoms with Crippen molar-refractivity contribution < 1.29 is 9.90 Å². The van der Waals surface area contributed by atoms with Crippen LogP contribution >= 0.6 is 23.8 Å². The molecule has 0 aliphatic heterocycles. The van der Waals surface area contributed by atoms with Gasteiger partial charge in [-0.25, -0.2) is 0 Å². The Kier molecular flexibility index (Phi) is 4.77. The van der Waals surface area contributed by atoms with Crippen molar-refractivity contribution in [1.29, 1.82) is 0 Å². The molecule has 2 aromatic carbocycles. The predicted molar refractivity (Wildman–Crippen MR) is 87.8 cm³/mol. The molecule has 1 amide bonds. The van der Waals surface area contributed by atoms with Crippen LogP contribution in [-0.4, -0.2) is 16.0 Å². The van der Waals surface area contributed by atoms with Gasteiger partial charge in [0.15, 0.2) is 0 Å². The fourth-order valence-electron chi connectivity index (χ4n) is 1.88. The fourth-order valence-corrected chi connectivity index (χ4v) is 2.23. The minimum Gasteiger partial charge on any atom is -0.508 e. The molecule has 0 radical (unpaired) electrons. The monoisotopic (exact) mass is 320 g/mol. The van der Waals surface area contributed by atoms with Crippen molar-refractivity contribution in [2.24, 2.45) is 5.73 Å². The molecule has 0 aliphatic carbocycles. The van der Waals surface area contributed by atoms with Crippen LogP contribution < -0.4 is 11.1 Å². The Hall–Kier alpha value is -2.11. The molecule has 0 aliphatic rings. The zero-order valence-corrected chi connectivity index (χ0v) is 12.5. The number of halogens is 1. The van der Waals surface area contributed by atoms with Crippen LogP contribution in [0.25, 0.3) is 0 Å². The van der Waals surface area contributed by atoms with E-state index in [4.69, 9.17) is 29.6 Å². The Morgan fingerprint density at radius 1 is 1.29 bits per heavy atom. The molecule has 0 heterocycles. The minimum absolute atomic E-state index is 0.117. The molecule has 2 aromatic rings. The average Bonchev–Trinajstić information content (AvgIpc) is 2.38. The number of carbonyl (C=O) groups is 1. The van der Waals surface area contributed by atoms with Crippen LogP contribution in [0.5, 0.6) is 5.75 Å². The molecular weight excluding hydrogens is 308 g/mol. The molecular formula is C15H13ClN2O2S. The molecule has 4 nitrogen and oxygen atoms in total. The van der Waals surface area contributed by atoms with Gasteiger partial charge in [0.25, 0.3) is 0 Å². The van der Waals surface area contributed by atoms with Crippen LogP contribution in [0.3, 0.4) is 0 Å². The van der Waals surface area contributed by atoms with Crippen molar-refractivity contribution in [3.8, 4) is 5.75 Å². The van der Waals surface area contributed by atoms with Crippen LogP contribution in [0.2, 0.25) is 5.02 Å². The van der Waals surface area contributed by atoms with Gasteiger partial charge in [0.2, 0.25) is 5.91 Å². The summed E-state index contributed by atoms with van der Waals surface area (Å²) in [6.07, 6.45) is 0.123. The maximum Gasteiger partial charge on any atom is 0.228 e. The third kappa shape index (κ3) is 4.18. The zero-order chi connectivity index (χ0) is 15.4. The molecule has 0 fully saturated rings. The molecule has 0 bridgehead atoms. The largest absolute Gasteiger partial charge is 0.508 e. The summed E-state index contributed by atoms with van der Waals surface area (Å²) in [6, 6.07) is 11.4. The van der Waals surface area contributed by atoms with E-state index in [0.29, 0.717) is 21.8 Å². The quantitative estimate of drug-likeness (QED) is 0.757. The number of phenols is 1. The number of rotatable bonds is 4. The summed E-state index contributed by atoms with van der Waals surface area (Å²) < 4.78 is 0. The number of hydrogen-bond acceptors (Lipinski definition) is 3. The number of phenolic OH excluding ortho intramolecular Hbond substituents is 1. The first-order valence-corrected chi connectivity index (χ1v) is 6.91. The molecule has 0 atom stereocenters. The number of amides is 1. The lowest BCUT2D eigenvalue weighted by Gasteiger charge is -2.11. The first-order valence-electron chi connectivity index (χ1n) is 6.13. The van der Waals surface area contributed by atoms with Gasteiger partial charge in [0, 0.05) is 10.6 Å². The van der Waals surface area contributed by atoms with E-state index in [0.717, 1.165) is 0 Å². The summed E-state index contributed by atoms with van der Waals surface area (Å²) in [4.78, 5) is 12.2. The summed E-state index contributed by atoms with van der Waals surface area (Å²) in [5, 5.41) is 12.6. The zero-order valence-electron chi connectivity index (χ0n) is 11.0. The molecule has 0 aromatic heterocycles. The average molecular weight is 321 g/mol. The van der Waals surface area contributed by atoms with Gasteiger partial charge >= 0.3 is 0 Å². The maximum absolute atomic E-state index is 12.1. The summed E-state index contributed by atoms with van der Waals surface area (Å²) in [7, 11) is 0. The summed E-state index contributed by atoms with van der Waals surface area (Å²) in [5.41, 5.74) is 7.34. The van der Waals surface area contributed by atoms with Crippen molar-refractivity contribution in [2.75, 3.05) is 5.32 Å². The lowest BCUT2D eigenvalue weighted by Crippen LogP contribution is -2.19. The maximum atomic E-state index is 12.1. The SMILES string of the molecule is NC(=S)c1ccc(Cl)cc1NC(=O)Cc1cccc(O)c1. The van der Waals surface area contributed by atoms with E-state index in [1.165, 1.54) is 6.07 Å². The number of anilines is 1. The van der Waals surface area contributed by atoms with Crippen LogP contribution in [0, 0.1) is 0 Å². The topological polar surface area (TPSA) is 75.3 Å². The number of nitrogens with one attached hydrogen (secondary N) is 1. The van der Waals surface area contributed by atoms with Crippen molar-refractivity contribution in [1.82, 2.24) is 0 Å². The van der Waals surface area contributed by atoms with Gasteiger partial charge in [-0.15, -0.1) is 0 Å². The predicted octanol–water partition coefficient (Wildman–Crippen LogP) is 2.86. The van der Waals surface area contributed by atoms with Gasteiger partial charge < -0.3 is 16.2 Å². The van der Waals surface area contributed by atoms with E-state index in [1.54, 1.807) is 36.4 Å². The van der Waals surface area contributed by atoms with Crippen LogP contribution in [0.4, 0.5) is 5.69 Å².